The third kappa shape index (κ3) is 1.30. The van der Waals surface area contributed by atoms with E-state index in [1.807, 2.05) is 0 Å². The Bertz CT molecular complexity index is 234. The number of halogens is 2. The first-order chi connectivity index (χ1) is 5.46. The van der Waals surface area contributed by atoms with Crippen molar-refractivity contribution in [3.8, 4) is 0 Å². The van der Waals surface area contributed by atoms with E-state index in [4.69, 9.17) is 5.48 Å². The summed E-state index contributed by atoms with van der Waals surface area (Å²) in [4.78, 5) is 0. The molecule has 42 valence electrons. The van der Waals surface area contributed by atoms with Gasteiger partial charge in [0.1, 0.15) is 5.82 Å². The highest BCUT2D eigenvalue weighted by molar-refractivity contribution is 9.10. The van der Waals surface area contributed by atoms with Gasteiger partial charge in [0, 0.05) is 4.47 Å². The zero-order chi connectivity index (χ0) is 9.46. The van der Waals surface area contributed by atoms with Gasteiger partial charge in [-0.1, -0.05) is 15.9 Å². The zero-order valence-corrected chi connectivity index (χ0v) is 5.34. The predicted octanol–water partition coefficient (Wildman–Crippen LogP) is 2.59. The monoisotopic (exact) mass is 178 g/mol. The van der Waals surface area contributed by atoms with Crippen molar-refractivity contribution in [2.45, 2.75) is 0 Å². The van der Waals surface area contributed by atoms with Crippen molar-refractivity contribution in [3.05, 3.63) is 34.5 Å². The van der Waals surface area contributed by atoms with Crippen LogP contribution < -0.4 is 0 Å². The van der Waals surface area contributed by atoms with E-state index in [2.05, 4.69) is 15.9 Å². The van der Waals surface area contributed by atoms with Gasteiger partial charge in [0.25, 0.3) is 0 Å². The van der Waals surface area contributed by atoms with Crippen molar-refractivity contribution in [3.63, 3.8) is 0 Å². The van der Waals surface area contributed by atoms with Gasteiger partial charge in [-0.25, -0.2) is 4.39 Å². The Morgan fingerprint density at radius 1 is 1.38 bits per heavy atom. The molecule has 1 aromatic carbocycles. The van der Waals surface area contributed by atoms with E-state index in [1.54, 1.807) is 0 Å². The Labute approximate surface area is 61.1 Å². The SMILES string of the molecule is [2H]c1c([2H])c(Br)c([2H])c([2H])c1F. The summed E-state index contributed by atoms with van der Waals surface area (Å²) in [6.45, 7) is 0. The van der Waals surface area contributed by atoms with Crippen LogP contribution in [0.25, 0.3) is 0 Å². The van der Waals surface area contributed by atoms with Crippen molar-refractivity contribution in [1.29, 1.82) is 0 Å². The molecule has 1 aromatic rings. The van der Waals surface area contributed by atoms with E-state index in [9.17, 15) is 4.39 Å². The average molecular weight is 179 g/mol. The van der Waals surface area contributed by atoms with Crippen LogP contribution in [0, 0.1) is 5.82 Å². The molecule has 0 atom stereocenters. The number of benzene rings is 1. The summed E-state index contributed by atoms with van der Waals surface area (Å²) in [5.74, 6) is -1.12. The van der Waals surface area contributed by atoms with Crippen LogP contribution in [0.1, 0.15) is 5.48 Å². The van der Waals surface area contributed by atoms with Gasteiger partial charge in [0.05, 0.1) is 5.48 Å². The third-order valence-corrected chi connectivity index (χ3v) is 0.960. The van der Waals surface area contributed by atoms with Gasteiger partial charge in [0.15, 0.2) is 0 Å². The molecular weight excluding hydrogens is 171 g/mol. The second kappa shape index (κ2) is 2.27. The molecule has 8 heavy (non-hydrogen) atoms. The van der Waals surface area contributed by atoms with Crippen LogP contribution in [-0.4, -0.2) is 0 Å². The zero-order valence-electron chi connectivity index (χ0n) is 7.76. The summed E-state index contributed by atoms with van der Waals surface area (Å²) in [5, 5.41) is 0. The summed E-state index contributed by atoms with van der Waals surface area (Å²) >= 11 is 2.83. The van der Waals surface area contributed by atoms with Gasteiger partial charge in [-0.3, -0.25) is 0 Å². The Kier molecular flexibility index (Phi) is 0.702. The molecule has 2 heteroatoms. The van der Waals surface area contributed by atoms with Crippen LogP contribution in [0.5, 0.6) is 0 Å². The van der Waals surface area contributed by atoms with E-state index in [0.29, 0.717) is 0 Å². The number of hydrogen-bond donors (Lipinski definition) is 0. The minimum atomic E-state index is -1.12. The molecule has 0 nitrogen and oxygen atoms in total. The first kappa shape index (κ1) is 2.48. The van der Waals surface area contributed by atoms with Crippen LogP contribution in [0.4, 0.5) is 4.39 Å². The second-order valence-electron chi connectivity index (χ2n) is 1.13. The van der Waals surface area contributed by atoms with Crippen molar-refractivity contribution in [2.75, 3.05) is 0 Å². The fraction of sp³-hybridized carbons (Fsp3) is 0. The first-order valence-electron chi connectivity index (χ1n) is 3.88. The molecule has 0 fully saturated rings. The lowest BCUT2D eigenvalue weighted by Crippen LogP contribution is -1.67. The molecule has 0 saturated heterocycles. The molecule has 0 unspecified atom stereocenters. The molecule has 0 aliphatic carbocycles. The largest absolute Gasteiger partial charge is 0.207 e. The maximum atomic E-state index is 12.8. The van der Waals surface area contributed by atoms with Crippen LogP contribution in [-0.2, 0) is 0 Å². The van der Waals surface area contributed by atoms with Gasteiger partial charge in [-0.15, -0.1) is 0 Å². The molecule has 0 bridgehead atoms. The normalized spacial score (nSPS) is 16.2. The second-order valence-corrected chi connectivity index (χ2v) is 1.92. The average Bonchev–Trinajstić information content (AvgIpc) is 2.08. The standard InChI is InChI=1S/C6H4BrF/c7-5-1-3-6(8)4-2-5/h1-4H/i1D,2D,3D,4D. The highest BCUT2D eigenvalue weighted by Crippen LogP contribution is 2.08. The Morgan fingerprint density at radius 2 is 1.88 bits per heavy atom. The van der Waals surface area contributed by atoms with Crippen molar-refractivity contribution in [1.82, 2.24) is 0 Å². The molecule has 0 aliphatic rings. The number of rotatable bonds is 0. The predicted molar refractivity (Wildman–Crippen MR) is 34.1 cm³/mol. The Hall–Kier alpha value is -0.370. The molecule has 1 rings (SSSR count). The minimum absolute atomic E-state index is 0.0149. The quantitative estimate of drug-likeness (QED) is 0.574. The van der Waals surface area contributed by atoms with Crippen molar-refractivity contribution in [2.24, 2.45) is 0 Å². The van der Waals surface area contributed by atoms with Gasteiger partial charge < -0.3 is 0 Å². The molecule has 0 aliphatic heterocycles. The molecular formula is C6H4BrF. The van der Waals surface area contributed by atoms with Crippen LogP contribution in [0.2, 0.25) is 0 Å². The number of hydrogen-bond acceptors (Lipinski definition) is 0. The highest BCUT2D eigenvalue weighted by atomic mass is 79.9. The van der Waals surface area contributed by atoms with E-state index in [1.165, 1.54) is 0 Å². The summed E-state index contributed by atoms with van der Waals surface area (Å²) < 4.78 is 41.1. The van der Waals surface area contributed by atoms with Gasteiger partial charge in [-0.05, 0) is 24.2 Å². The Morgan fingerprint density at radius 3 is 2.38 bits per heavy atom. The lowest BCUT2D eigenvalue weighted by atomic mass is 10.4. The molecule has 0 spiro atoms. The maximum absolute atomic E-state index is 12.8. The topological polar surface area (TPSA) is 0 Å². The molecule has 0 heterocycles. The highest BCUT2D eigenvalue weighted by Gasteiger charge is 1.84. The summed E-state index contributed by atoms with van der Waals surface area (Å²) in [6.07, 6.45) is 0. The van der Waals surface area contributed by atoms with Crippen LogP contribution in [0.3, 0.4) is 0 Å². The Balaban J connectivity index is 3.60. The summed E-state index contributed by atoms with van der Waals surface area (Å²) in [7, 11) is 0. The molecule has 0 radical (unpaired) electrons. The smallest absolute Gasteiger partial charge is 0.123 e. The molecule has 0 saturated carbocycles. The van der Waals surface area contributed by atoms with Crippen LogP contribution in [0.15, 0.2) is 28.6 Å². The van der Waals surface area contributed by atoms with Crippen molar-refractivity contribution >= 4 is 15.9 Å². The fourth-order valence-corrected chi connectivity index (χ4v) is 0.480. The van der Waals surface area contributed by atoms with Crippen LogP contribution >= 0.6 is 15.9 Å². The van der Waals surface area contributed by atoms with Gasteiger partial charge in [-0.2, -0.15) is 0 Å². The van der Waals surface area contributed by atoms with E-state index in [-0.39, 0.29) is 4.47 Å². The lowest BCUT2D eigenvalue weighted by Gasteiger charge is -1.85. The third-order valence-electron chi connectivity index (χ3n) is 0.564. The maximum Gasteiger partial charge on any atom is 0.123 e. The van der Waals surface area contributed by atoms with E-state index >= 15 is 0 Å². The minimum Gasteiger partial charge on any atom is -0.207 e. The van der Waals surface area contributed by atoms with Crippen molar-refractivity contribution < 1.29 is 9.87 Å². The van der Waals surface area contributed by atoms with Gasteiger partial charge in [0.2, 0.25) is 0 Å². The fourth-order valence-electron chi connectivity index (χ4n) is 0.282. The van der Waals surface area contributed by atoms with E-state index in [0.717, 1.165) is 0 Å². The lowest BCUT2D eigenvalue weighted by molar-refractivity contribution is 0.627. The first-order valence-corrected chi connectivity index (χ1v) is 2.67. The molecule has 0 N–H and O–H groups in total. The van der Waals surface area contributed by atoms with Gasteiger partial charge >= 0.3 is 0 Å². The summed E-state index contributed by atoms with van der Waals surface area (Å²) in [5.41, 5.74) is 0. The molecule has 0 amide bonds. The summed E-state index contributed by atoms with van der Waals surface area (Å²) in [6, 6.07) is -2.09. The van der Waals surface area contributed by atoms with E-state index < -0.39 is 30.0 Å². The molecule has 0 aromatic heterocycles.